The SMILES string of the molecule is O=C(O)COc1ccc2ccccc2c1CNCCO. The van der Waals surface area contributed by atoms with Crippen molar-refractivity contribution in [1.82, 2.24) is 5.32 Å². The number of fused-ring (bicyclic) bond motifs is 1. The standard InChI is InChI=1S/C15H17NO4/c17-8-7-16-9-13-12-4-2-1-3-11(12)5-6-14(13)20-10-15(18)19/h1-6,16-17H,7-10H2,(H,18,19). The molecule has 0 saturated carbocycles. The normalized spacial score (nSPS) is 10.7. The van der Waals surface area contributed by atoms with Crippen LogP contribution >= 0.6 is 0 Å². The minimum absolute atomic E-state index is 0.0517. The van der Waals surface area contributed by atoms with Crippen LogP contribution in [-0.2, 0) is 11.3 Å². The Morgan fingerprint density at radius 2 is 2.00 bits per heavy atom. The third-order valence-corrected chi connectivity index (χ3v) is 2.94. The van der Waals surface area contributed by atoms with Crippen LogP contribution in [0.25, 0.3) is 10.8 Å². The maximum atomic E-state index is 10.6. The maximum Gasteiger partial charge on any atom is 0.341 e. The maximum absolute atomic E-state index is 10.6. The fraction of sp³-hybridized carbons (Fsp3) is 0.267. The Kier molecular flexibility index (Phi) is 4.92. The lowest BCUT2D eigenvalue weighted by atomic mass is 10.0. The molecule has 0 unspecified atom stereocenters. The van der Waals surface area contributed by atoms with Crippen LogP contribution in [0, 0.1) is 0 Å². The van der Waals surface area contributed by atoms with Crippen LogP contribution in [0.15, 0.2) is 36.4 Å². The Morgan fingerprint density at radius 3 is 2.75 bits per heavy atom. The zero-order chi connectivity index (χ0) is 14.4. The van der Waals surface area contributed by atoms with Crippen molar-refractivity contribution in [3.05, 3.63) is 42.0 Å². The highest BCUT2D eigenvalue weighted by Crippen LogP contribution is 2.28. The van der Waals surface area contributed by atoms with Crippen LogP contribution in [0.2, 0.25) is 0 Å². The first-order valence-corrected chi connectivity index (χ1v) is 6.39. The van der Waals surface area contributed by atoms with Crippen molar-refractivity contribution in [3.8, 4) is 5.75 Å². The minimum Gasteiger partial charge on any atom is -0.482 e. The summed E-state index contributed by atoms with van der Waals surface area (Å²) < 4.78 is 5.34. The van der Waals surface area contributed by atoms with Crippen LogP contribution in [0.4, 0.5) is 0 Å². The van der Waals surface area contributed by atoms with Gasteiger partial charge in [0.1, 0.15) is 5.75 Å². The largest absolute Gasteiger partial charge is 0.482 e. The molecule has 0 amide bonds. The summed E-state index contributed by atoms with van der Waals surface area (Å²) in [5.74, 6) is -0.455. The quantitative estimate of drug-likeness (QED) is 0.665. The molecule has 0 heterocycles. The number of carboxylic acid groups (broad SMARTS) is 1. The third kappa shape index (κ3) is 3.46. The van der Waals surface area contributed by atoms with Gasteiger partial charge in [-0.15, -0.1) is 0 Å². The molecule has 2 rings (SSSR count). The van der Waals surface area contributed by atoms with Gasteiger partial charge in [-0.1, -0.05) is 30.3 Å². The van der Waals surface area contributed by atoms with E-state index in [4.69, 9.17) is 14.9 Å². The Bertz CT molecular complexity index is 597. The first-order chi connectivity index (χ1) is 9.72. The van der Waals surface area contributed by atoms with Crippen LogP contribution in [-0.4, -0.2) is 35.9 Å². The smallest absolute Gasteiger partial charge is 0.341 e. The molecular weight excluding hydrogens is 258 g/mol. The van der Waals surface area contributed by atoms with Gasteiger partial charge in [0.2, 0.25) is 0 Å². The number of hydrogen-bond donors (Lipinski definition) is 3. The van der Waals surface area contributed by atoms with Crippen molar-refractivity contribution in [1.29, 1.82) is 0 Å². The van der Waals surface area contributed by atoms with Crippen molar-refractivity contribution < 1.29 is 19.7 Å². The molecule has 0 radical (unpaired) electrons. The number of rotatable bonds is 7. The fourth-order valence-electron chi connectivity index (χ4n) is 2.07. The summed E-state index contributed by atoms with van der Waals surface area (Å²) in [7, 11) is 0. The van der Waals surface area contributed by atoms with Gasteiger partial charge in [-0.25, -0.2) is 4.79 Å². The second-order valence-electron chi connectivity index (χ2n) is 4.35. The van der Waals surface area contributed by atoms with E-state index in [-0.39, 0.29) is 13.2 Å². The van der Waals surface area contributed by atoms with Gasteiger partial charge in [-0.2, -0.15) is 0 Å². The zero-order valence-corrected chi connectivity index (χ0v) is 11.0. The van der Waals surface area contributed by atoms with E-state index in [0.717, 1.165) is 16.3 Å². The minimum atomic E-state index is -1.01. The topological polar surface area (TPSA) is 78.8 Å². The zero-order valence-electron chi connectivity index (χ0n) is 11.0. The Balaban J connectivity index is 2.33. The third-order valence-electron chi connectivity index (χ3n) is 2.94. The van der Waals surface area contributed by atoms with E-state index in [1.807, 2.05) is 30.3 Å². The number of aliphatic hydroxyl groups excluding tert-OH is 1. The number of nitrogens with one attached hydrogen (secondary N) is 1. The van der Waals surface area contributed by atoms with E-state index in [9.17, 15) is 4.79 Å². The predicted molar refractivity (Wildman–Crippen MR) is 75.9 cm³/mol. The van der Waals surface area contributed by atoms with Gasteiger partial charge in [-0.05, 0) is 16.8 Å². The number of hydrogen-bond acceptors (Lipinski definition) is 4. The molecular formula is C15H17NO4. The van der Waals surface area contributed by atoms with Gasteiger partial charge in [0, 0.05) is 18.7 Å². The molecule has 0 saturated heterocycles. The predicted octanol–water partition coefficient (Wildman–Crippen LogP) is 1.39. The summed E-state index contributed by atoms with van der Waals surface area (Å²) in [5, 5.41) is 22.7. The lowest BCUT2D eigenvalue weighted by molar-refractivity contribution is -0.139. The molecule has 0 aliphatic carbocycles. The second kappa shape index (κ2) is 6.88. The molecule has 20 heavy (non-hydrogen) atoms. The molecule has 0 aliphatic rings. The summed E-state index contributed by atoms with van der Waals surface area (Å²) >= 11 is 0. The van der Waals surface area contributed by atoms with Crippen LogP contribution < -0.4 is 10.1 Å². The Labute approximate surface area is 116 Å². The summed E-state index contributed by atoms with van der Waals surface area (Å²) in [5.41, 5.74) is 0.901. The molecule has 5 nitrogen and oxygen atoms in total. The van der Waals surface area contributed by atoms with Gasteiger partial charge in [-0.3, -0.25) is 0 Å². The highest BCUT2D eigenvalue weighted by molar-refractivity contribution is 5.87. The van der Waals surface area contributed by atoms with E-state index in [1.165, 1.54) is 0 Å². The van der Waals surface area contributed by atoms with Crippen molar-refractivity contribution in [2.24, 2.45) is 0 Å². The summed E-state index contributed by atoms with van der Waals surface area (Å²) in [4.78, 5) is 10.6. The average Bonchev–Trinajstić information content (AvgIpc) is 2.46. The number of benzene rings is 2. The number of aliphatic carboxylic acids is 1. The van der Waals surface area contributed by atoms with Crippen LogP contribution in [0.5, 0.6) is 5.75 Å². The van der Waals surface area contributed by atoms with Gasteiger partial charge >= 0.3 is 5.97 Å². The molecule has 2 aromatic rings. The molecule has 3 N–H and O–H groups in total. The Morgan fingerprint density at radius 1 is 1.20 bits per heavy atom. The van der Waals surface area contributed by atoms with E-state index in [0.29, 0.717) is 18.8 Å². The van der Waals surface area contributed by atoms with Crippen molar-refractivity contribution in [2.75, 3.05) is 19.8 Å². The molecule has 106 valence electrons. The number of carbonyl (C=O) groups is 1. The second-order valence-corrected chi connectivity index (χ2v) is 4.35. The van der Waals surface area contributed by atoms with Crippen molar-refractivity contribution in [2.45, 2.75) is 6.54 Å². The summed E-state index contributed by atoms with van der Waals surface area (Å²) in [6.45, 7) is 0.667. The first kappa shape index (κ1) is 14.3. The summed E-state index contributed by atoms with van der Waals surface area (Å²) in [6, 6.07) is 11.5. The monoisotopic (exact) mass is 275 g/mol. The Hall–Kier alpha value is -2.11. The van der Waals surface area contributed by atoms with E-state index in [2.05, 4.69) is 5.32 Å². The molecule has 5 heteroatoms. The fourth-order valence-corrected chi connectivity index (χ4v) is 2.07. The lowest BCUT2D eigenvalue weighted by Crippen LogP contribution is -2.19. The van der Waals surface area contributed by atoms with Gasteiger partial charge in [0.15, 0.2) is 6.61 Å². The first-order valence-electron chi connectivity index (χ1n) is 6.39. The lowest BCUT2D eigenvalue weighted by Gasteiger charge is -2.14. The molecule has 2 aromatic carbocycles. The van der Waals surface area contributed by atoms with E-state index in [1.54, 1.807) is 6.07 Å². The molecule has 0 aromatic heterocycles. The highest BCUT2D eigenvalue weighted by atomic mass is 16.5. The number of carboxylic acids is 1. The van der Waals surface area contributed by atoms with Crippen LogP contribution in [0.3, 0.4) is 0 Å². The van der Waals surface area contributed by atoms with Gasteiger partial charge < -0.3 is 20.3 Å². The van der Waals surface area contributed by atoms with Gasteiger partial charge in [0.25, 0.3) is 0 Å². The van der Waals surface area contributed by atoms with E-state index < -0.39 is 5.97 Å². The van der Waals surface area contributed by atoms with E-state index >= 15 is 0 Å². The molecule has 0 bridgehead atoms. The highest BCUT2D eigenvalue weighted by Gasteiger charge is 2.09. The summed E-state index contributed by atoms with van der Waals surface area (Å²) in [6.07, 6.45) is 0. The van der Waals surface area contributed by atoms with Crippen LogP contribution in [0.1, 0.15) is 5.56 Å². The molecule has 0 fully saturated rings. The number of ether oxygens (including phenoxy) is 1. The molecule has 0 atom stereocenters. The van der Waals surface area contributed by atoms with Gasteiger partial charge in [0.05, 0.1) is 6.61 Å². The number of aliphatic hydroxyl groups is 1. The average molecular weight is 275 g/mol. The molecule has 0 aliphatic heterocycles. The van der Waals surface area contributed by atoms with Crippen molar-refractivity contribution in [3.63, 3.8) is 0 Å². The van der Waals surface area contributed by atoms with Crippen molar-refractivity contribution >= 4 is 16.7 Å². The molecule has 0 spiro atoms.